The van der Waals surface area contributed by atoms with E-state index in [4.69, 9.17) is 16.3 Å². The van der Waals surface area contributed by atoms with Crippen molar-refractivity contribution in [2.75, 3.05) is 33.3 Å². The zero-order chi connectivity index (χ0) is 17.7. The molecule has 3 rings (SSSR count). The number of likely N-dealkylation sites (tertiary alicyclic amines) is 1. The highest BCUT2D eigenvalue weighted by atomic mass is 35.5. The summed E-state index contributed by atoms with van der Waals surface area (Å²) in [6, 6.07) is 8.28. The Bertz CT molecular complexity index is 565. The summed E-state index contributed by atoms with van der Waals surface area (Å²) < 4.78 is 5.62. The molecule has 0 saturated carbocycles. The Balaban J connectivity index is 1.47. The number of methoxy groups -OCH3 is 1. The molecule has 1 aromatic rings. The first kappa shape index (κ1) is 18.6. The molecule has 0 bridgehead atoms. The van der Waals surface area contributed by atoms with Gasteiger partial charge in [0.1, 0.15) is 5.60 Å². The summed E-state index contributed by atoms with van der Waals surface area (Å²) in [6.07, 6.45) is 3.45. The maximum Gasteiger partial charge on any atom is 0.252 e. The molecule has 2 aliphatic rings. The highest BCUT2D eigenvalue weighted by molar-refractivity contribution is 6.30. The Kier molecular flexibility index (Phi) is 6.34. The summed E-state index contributed by atoms with van der Waals surface area (Å²) in [5, 5.41) is 7.30. The summed E-state index contributed by atoms with van der Waals surface area (Å²) in [5.74, 6) is 0.0626. The van der Waals surface area contributed by atoms with E-state index in [1.54, 1.807) is 7.11 Å². The van der Waals surface area contributed by atoms with Gasteiger partial charge in [0, 0.05) is 37.8 Å². The summed E-state index contributed by atoms with van der Waals surface area (Å²) in [4.78, 5) is 15.2. The third-order valence-electron chi connectivity index (χ3n) is 5.46. The van der Waals surface area contributed by atoms with Gasteiger partial charge >= 0.3 is 0 Å². The summed E-state index contributed by atoms with van der Waals surface area (Å²) in [5.41, 5.74) is 0.631. The van der Waals surface area contributed by atoms with Gasteiger partial charge in [0.05, 0.1) is 0 Å². The zero-order valence-corrected chi connectivity index (χ0v) is 15.6. The van der Waals surface area contributed by atoms with Crippen LogP contribution >= 0.6 is 11.6 Å². The SMILES string of the molecule is COC1(C(=O)NC2CCN(Cc3ccc(Cl)cc3)CC2)CCNCC1. The smallest absolute Gasteiger partial charge is 0.252 e. The van der Waals surface area contributed by atoms with Crippen molar-refractivity contribution < 1.29 is 9.53 Å². The van der Waals surface area contributed by atoms with Crippen molar-refractivity contribution in [3.63, 3.8) is 0 Å². The number of nitrogens with zero attached hydrogens (tertiary/aromatic N) is 1. The van der Waals surface area contributed by atoms with Gasteiger partial charge in [0.25, 0.3) is 5.91 Å². The number of carbonyl (C=O) groups is 1. The lowest BCUT2D eigenvalue weighted by molar-refractivity contribution is -0.147. The largest absolute Gasteiger partial charge is 0.368 e. The average molecular weight is 366 g/mol. The lowest BCUT2D eigenvalue weighted by Gasteiger charge is -2.38. The van der Waals surface area contributed by atoms with E-state index in [2.05, 4.69) is 27.7 Å². The lowest BCUT2D eigenvalue weighted by atomic mass is 9.90. The molecule has 0 aliphatic carbocycles. The molecule has 6 heteroatoms. The standard InChI is InChI=1S/C19H28ClN3O2/c1-25-19(8-10-21-11-9-19)18(24)22-17-6-12-23(13-7-17)14-15-2-4-16(20)5-3-15/h2-5,17,21H,6-14H2,1H3,(H,22,24). The minimum Gasteiger partial charge on any atom is -0.368 e. The molecule has 2 fully saturated rings. The lowest BCUT2D eigenvalue weighted by Crippen LogP contribution is -2.57. The van der Waals surface area contributed by atoms with Crippen LogP contribution in [0.3, 0.4) is 0 Å². The van der Waals surface area contributed by atoms with Crippen LogP contribution < -0.4 is 10.6 Å². The molecule has 2 N–H and O–H groups in total. The van der Waals surface area contributed by atoms with Crippen LogP contribution in [0.25, 0.3) is 0 Å². The summed E-state index contributed by atoms with van der Waals surface area (Å²) in [6.45, 7) is 4.59. The van der Waals surface area contributed by atoms with Crippen LogP contribution in [0.2, 0.25) is 5.02 Å². The average Bonchev–Trinajstić information content (AvgIpc) is 2.65. The third-order valence-corrected chi connectivity index (χ3v) is 5.71. The maximum absolute atomic E-state index is 12.7. The molecule has 138 valence electrons. The molecule has 2 aliphatic heterocycles. The van der Waals surface area contributed by atoms with Crippen molar-refractivity contribution in [1.29, 1.82) is 0 Å². The van der Waals surface area contributed by atoms with Gasteiger partial charge in [-0.1, -0.05) is 23.7 Å². The number of rotatable bonds is 5. The maximum atomic E-state index is 12.7. The van der Waals surface area contributed by atoms with Gasteiger partial charge < -0.3 is 15.4 Å². The second-order valence-electron chi connectivity index (χ2n) is 7.10. The fourth-order valence-electron chi connectivity index (χ4n) is 3.75. The van der Waals surface area contributed by atoms with Crippen molar-refractivity contribution in [2.45, 2.75) is 43.9 Å². The fraction of sp³-hybridized carbons (Fsp3) is 0.632. The zero-order valence-electron chi connectivity index (χ0n) is 14.9. The molecular weight excluding hydrogens is 338 g/mol. The molecule has 0 unspecified atom stereocenters. The number of benzene rings is 1. The first-order valence-corrected chi connectivity index (χ1v) is 9.53. The van der Waals surface area contributed by atoms with Gasteiger partial charge in [0.15, 0.2) is 0 Å². The number of piperidine rings is 2. The molecule has 2 saturated heterocycles. The summed E-state index contributed by atoms with van der Waals surface area (Å²) in [7, 11) is 1.65. The van der Waals surface area contributed by atoms with E-state index in [0.29, 0.717) is 0 Å². The van der Waals surface area contributed by atoms with Crippen LogP contribution in [0.5, 0.6) is 0 Å². The number of nitrogens with one attached hydrogen (secondary N) is 2. The fourth-order valence-corrected chi connectivity index (χ4v) is 3.88. The molecule has 1 aromatic carbocycles. The van der Waals surface area contributed by atoms with Crippen LogP contribution in [0.4, 0.5) is 0 Å². The summed E-state index contributed by atoms with van der Waals surface area (Å²) >= 11 is 5.94. The van der Waals surface area contributed by atoms with Crippen LogP contribution in [0.1, 0.15) is 31.2 Å². The molecule has 25 heavy (non-hydrogen) atoms. The van der Waals surface area contributed by atoms with E-state index >= 15 is 0 Å². The molecule has 1 amide bonds. The number of hydrogen-bond acceptors (Lipinski definition) is 4. The number of halogens is 1. The van der Waals surface area contributed by atoms with Gasteiger partial charge in [-0.15, -0.1) is 0 Å². The molecule has 2 heterocycles. The molecular formula is C19H28ClN3O2. The molecule has 0 atom stereocenters. The number of amides is 1. The predicted octanol–water partition coefficient (Wildman–Crippen LogP) is 2.19. The van der Waals surface area contributed by atoms with Crippen LogP contribution in [-0.4, -0.2) is 55.7 Å². The predicted molar refractivity (Wildman–Crippen MR) is 99.7 cm³/mol. The van der Waals surface area contributed by atoms with Crippen LogP contribution in [0.15, 0.2) is 24.3 Å². The van der Waals surface area contributed by atoms with E-state index in [1.165, 1.54) is 5.56 Å². The van der Waals surface area contributed by atoms with Crippen molar-refractivity contribution >= 4 is 17.5 Å². The van der Waals surface area contributed by atoms with E-state index in [-0.39, 0.29) is 11.9 Å². The molecule has 0 aromatic heterocycles. The second kappa shape index (κ2) is 8.49. The van der Waals surface area contributed by atoms with E-state index < -0.39 is 5.60 Å². The monoisotopic (exact) mass is 365 g/mol. The van der Waals surface area contributed by atoms with Crippen molar-refractivity contribution in [3.05, 3.63) is 34.9 Å². The Morgan fingerprint density at radius 2 is 1.92 bits per heavy atom. The van der Waals surface area contributed by atoms with Crippen LogP contribution in [0, 0.1) is 0 Å². The van der Waals surface area contributed by atoms with Crippen molar-refractivity contribution in [1.82, 2.24) is 15.5 Å². The first-order chi connectivity index (χ1) is 12.1. The van der Waals surface area contributed by atoms with Gasteiger partial charge in [-0.25, -0.2) is 0 Å². The van der Waals surface area contributed by atoms with E-state index in [9.17, 15) is 4.79 Å². The third kappa shape index (κ3) is 4.73. The highest BCUT2D eigenvalue weighted by Gasteiger charge is 2.40. The molecule has 0 radical (unpaired) electrons. The highest BCUT2D eigenvalue weighted by Crippen LogP contribution is 2.24. The minimum absolute atomic E-state index is 0.0626. The molecule has 5 nitrogen and oxygen atoms in total. The van der Waals surface area contributed by atoms with Crippen LogP contribution in [-0.2, 0) is 16.1 Å². The van der Waals surface area contributed by atoms with Gasteiger partial charge in [0.2, 0.25) is 0 Å². The topological polar surface area (TPSA) is 53.6 Å². The van der Waals surface area contributed by atoms with Gasteiger partial charge in [-0.2, -0.15) is 0 Å². The number of hydrogen-bond donors (Lipinski definition) is 2. The Morgan fingerprint density at radius 1 is 1.28 bits per heavy atom. The molecule has 0 spiro atoms. The number of ether oxygens (including phenoxy) is 1. The van der Waals surface area contributed by atoms with E-state index in [0.717, 1.165) is 63.4 Å². The van der Waals surface area contributed by atoms with Crippen molar-refractivity contribution in [2.24, 2.45) is 0 Å². The second-order valence-corrected chi connectivity index (χ2v) is 7.54. The quantitative estimate of drug-likeness (QED) is 0.839. The normalized spacial score (nSPS) is 21.8. The van der Waals surface area contributed by atoms with Crippen molar-refractivity contribution in [3.8, 4) is 0 Å². The van der Waals surface area contributed by atoms with E-state index in [1.807, 2.05) is 12.1 Å². The first-order valence-electron chi connectivity index (χ1n) is 9.15. The Hall–Kier alpha value is -1.14. The number of carbonyl (C=O) groups excluding carboxylic acids is 1. The Labute approximate surface area is 155 Å². The minimum atomic E-state index is -0.647. The van der Waals surface area contributed by atoms with Gasteiger partial charge in [-0.05, 0) is 56.5 Å². The van der Waals surface area contributed by atoms with Gasteiger partial charge in [-0.3, -0.25) is 9.69 Å². The Morgan fingerprint density at radius 3 is 2.52 bits per heavy atom.